The summed E-state index contributed by atoms with van der Waals surface area (Å²) in [6.45, 7) is 9.91. The topological polar surface area (TPSA) is 37.4 Å². The monoisotopic (exact) mass is 277 g/mol. The van der Waals surface area contributed by atoms with Crippen molar-refractivity contribution in [1.82, 2.24) is 15.2 Å². The summed E-state index contributed by atoms with van der Waals surface area (Å²) < 4.78 is 5.21. The second-order valence-corrected chi connectivity index (χ2v) is 5.85. The molecule has 1 saturated heterocycles. The summed E-state index contributed by atoms with van der Waals surface area (Å²) in [7, 11) is 1.67. The molecule has 2 rings (SSSR count). The van der Waals surface area contributed by atoms with Gasteiger partial charge in [0.15, 0.2) is 0 Å². The Bertz CT molecular complexity index is 424. The summed E-state index contributed by atoms with van der Waals surface area (Å²) in [4.78, 5) is 7.05. The second-order valence-electron chi connectivity index (χ2n) is 5.85. The highest BCUT2D eigenvalue weighted by Crippen LogP contribution is 2.18. The normalized spacial score (nSPS) is 25.4. The molecule has 0 amide bonds. The molecule has 112 valence electrons. The lowest BCUT2D eigenvalue weighted by Crippen LogP contribution is -2.57. The highest BCUT2D eigenvalue weighted by molar-refractivity contribution is 5.15. The summed E-state index contributed by atoms with van der Waals surface area (Å²) in [6.07, 6.45) is 1.22. The Morgan fingerprint density at radius 3 is 3.00 bits per heavy atom. The third kappa shape index (κ3) is 3.70. The van der Waals surface area contributed by atoms with Gasteiger partial charge < -0.3 is 10.1 Å². The second kappa shape index (κ2) is 7.04. The number of methoxy groups -OCH3 is 1. The number of nitrogens with zero attached hydrogens (tertiary/aromatic N) is 2. The molecular formula is C16H27N3O. The van der Waals surface area contributed by atoms with Crippen molar-refractivity contribution in [3.8, 4) is 5.88 Å². The number of hydrogen-bond acceptors (Lipinski definition) is 4. The van der Waals surface area contributed by atoms with Crippen molar-refractivity contribution in [3.63, 3.8) is 0 Å². The van der Waals surface area contributed by atoms with Gasteiger partial charge in [0.1, 0.15) is 0 Å². The summed E-state index contributed by atoms with van der Waals surface area (Å²) in [5.41, 5.74) is 1.08. The first kappa shape index (κ1) is 15.3. The minimum atomic E-state index is 0.545. The smallest absolute Gasteiger partial charge is 0.213 e. The molecule has 0 spiro atoms. The van der Waals surface area contributed by atoms with E-state index >= 15 is 0 Å². The average Bonchev–Trinajstić information content (AvgIpc) is 2.49. The minimum absolute atomic E-state index is 0.545. The molecule has 1 N–H and O–H groups in total. The maximum atomic E-state index is 5.21. The predicted octanol–water partition coefficient (Wildman–Crippen LogP) is 2.30. The molecular weight excluding hydrogens is 250 g/mol. The van der Waals surface area contributed by atoms with Crippen molar-refractivity contribution in [3.05, 3.63) is 23.9 Å². The van der Waals surface area contributed by atoms with E-state index in [-0.39, 0.29) is 0 Å². The van der Waals surface area contributed by atoms with Crippen LogP contribution in [0.4, 0.5) is 0 Å². The fourth-order valence-corrected chi connectivity index (χ4v) is 2.70. The van der Waals surface area contributed by atoms with E-state index in [1.165, 1.54) is 6.42 Å². The molecule has 4 heteroatoms. The number of ether oxygens (including phenoxy) is 1. The molecule has 2 heterocycles. The van der Waals surface area contributed by atoms with Gasteiger partial charge in [-0.25, -0.2) is 4.98 Å². The molecule has 0 aliphatic carbocycles. The van der Waals surface area contributed by atoms with Crippen LogP contribution in [0.5, 0.6) is 5.88 Å². The molecule has 1 aromatic rings. The molecule has 0 radical (unpaired) electrons. The van der Waals surface area contributed by atoms with Crippen LogP contribution in [0, 0.1) is 5.92 Å². The molecule has 1 aliphatic rings. The van der Waals surface area contributed by atoms with Crippen LogP contribution in [0.1, 0.15) is 32.9 Å². The van der Waals surface area contributed by atoms with E-state index in [4.69, 9.17) is 4.74 Å². The van der Waals surface area contributed by atoms with Crippen molar-refractivity contribution >= 4 is 0 Å². The molecule has 1 aliphatic heterocycles. The van der Waals surface area contributed by atoms with Crippen LogP contribution in [0.25, 0.3) is 0 Å². The van der Waals surface area contributed by atoms with Crippen LogP contribution in [0.2, 0.25) is 0 Å². The van der Waals surface area contributed by atoms with Gasteiger partial charge in [-0.15, -0.1) is 0 Å². The van der Waals surface area contributed by atoms with Crippen molar-refractivity contribution in [2.24, 2.45) is 5.92 Å². The van der Waals surface area contributed by atoms with Gasteiger partial charge in [0, 0.05) is 37.8 Å². The predicted molar refractivity (Wildman–Crippen MR) is 81.9 cm³/mol. The number of pyridine rings is 1. The first-order valence-corrected chi connectivity index (χ1v) is 7.61. The zero-order valence-corrected chi connectivity index (χ0v) is 13.1. The Balaban J connectivity index is 2.02. The lowest BCUT2D eigenvalue weighted by Gasteiger charge is -2.40. The maximum absolute atomic E-state index is 5.21. The summed E-state index contributed by atoms with van der Waals surface area (Å²) in [5.74, 6) is 1.41. The molecule has 0 bridgehead atoms. The third-order valence-corrected chi connectivity index (χ3v) is 4.42. The van der Waals surface area contributed by atoms with Gasteiger partial charge in [-0.05, 0) is 18.9 Å². The van der Waals surface area contributed by atoms with Gasteiger partial charge in [-0.3, -0.25) is 4.90 Å². The molecule has 0 saturated carbocycles. The van der Waals surface area contributed by atoms with Gasteiger partial charge in [0.2, 0.25) is 5.88 Å². The Labute approximate surface area is 122 Å². The largest absolute Gasteiger partial charge is 0.481 e. The van der Waals surface area contributed by atoms with Crippen LogP contribution in [-0.2, 0) is 6.54 Å². The van der Waals surface area contributed by atoms with Gasteiger partial charge in [-0.2, -0.15) is 0 Å². The van der Waals surface area contributed by atoms with Crippen molar-refractivity contribution < 1.29 is 4.74 Å². The van der Waals surface area contributed by atoms with Crippen LogP contribution < -0.4 is 10.1 Å². The molecule has 3 unspecified atom stereocenters. The first-order valence-electron chi connectivity index (χ1n) is 7.61. The fourth-order valence-electron chi connectivity index (χ4n) is 2.70. The van der Waals surface area contributed by atoms with E-state index < -0.39 is 0 Å². The van der Waals surface area contributed by atoms with Gasteiger partial charge in [0.25, 0.3) is 0 Å². The highest BCUT2D eigenvalue weighted by Gasteiger charge is 2.27. The number of piperazine rings is 1. The summed E-state index contributed by atoms with van der Waals surface area (Å²) in [5, 5.41) is 3.67. The van der Waals surface area contributed by atoms with Gasteiger partial charge in [0.05, 0.1) is 12.8 Å². The fraction of sp³-hybridized carbons (Fsp3) is 0.688. The number of hydrogen-bond donors (Lipinski definition) is 1. The van der Waals surface area contributed by atoms with Crippen molar-refractivity contribution in [2.75, 3.05) is 20.2 Å². The van der Waals surface area contributed by atoms with Crippen LogP contribution in [-0.4, -0.2) is 42.2 Å². The average molecular weight is 277 g/mol. The number of rotatable bonds is 5. The Morgan fingerprint density at radius 1 is 1.50 bits per heavy atom. The van der Waals surface area contributed by atoms with Crippen LogP contribution in [0.15, 0.2) is 18.2 Å². The van der Waals surface area contributed by atoms with Gasteiger partial charge in [-0.1, -0.05) is 26.3 Å². The Morgan fingerprint density at radius 2 is 2.30 bits per heavy atom. The van der Waals surface area contributed by atoms with Crippen molar-refractivity contribution in [1.29, 1.82) is 0 Å². The number of aromatic nitrogens is 1. The van der Waals surface area contributed by atoms with E-state index in [9.17, 15) is 0 Å². The third-order valence-electron chi connectivity index (χ3n) is 4.42. The lowest BCUT2D eigenvalue weighted by atomic mass is 9.95. The molecule has 3 atom stereocenters. The quantitative estimate of drug-likeness (QED) is 0.896. The van der Waals surface area contributed by atoms with Gasteiger partial charge >= 0.3 is 0 Å². The standard InChI is InChI=1S/C16H27N3O/c1-5-12(2)15-11-19(13(3)9-17-15)10-14-7-6-8-16(18-14)20-4/h6-8,12-13,15,17H,5,9-11H2,1-4H3. The van der Waals surface area contributed by atoms with E-state index in [1.54, 1.807) is 7.11 Å². The lowest BCUT2D eigenvalue weighted by molar-refractivity contribution is 0.110. The maximum Gasteiger partial charge on any atom is 0.213 e. The summed E-state index contributed by atoms with van der Waals surface area (Å²) in [6, 6.07) is 7.12. The minimum Gasteiger partial charge on any atom is -0.481 e. The SMILES string of the molecule is CCC(C)C1CN(Cc2cccc(OC)n2)C(C)CN1. The van der Waals surface area contributed by atoms with Crippen LogP contribution >= 0.6 is 0 Å². The molecule has 1 fully saturated rings. The highest BCUT2D eigenvalue weighted by atomic mass is 16.5. The zero-order valence-electron chi connectivity index (χ0n) is 13.1. The molecule has 4 nitrogen and oxygen atoms in total. The van der Waals surface area contributed by atoms with E-state index in [0.29, 0.717) is 23.9 Å². The zero-order chi connectivity index (χ0) is 14.5. The Kier molecular flexibility index (Phi) is 5.38. The molecule has 1 aromatic heterocycles. The van der Waals surface area contributed by atoms with Crippen LogP contribution in [0.3, 0.4) is 0 Å². The van der Waals surface area contributed by atoms with E-state index in [2.05, 4.69) is 42.0 Å². The van der Waals surface area contributed by atoms with Crippen molar-refractivity contribution in [2.45, 2.75) is 45.8 Å². The molecule has 0 aromatic carbocycles. The summed E-state index contributed by atoms with van der Waals surface area (Å²) >= 11 is 0. The Hall–Kier alpha value is -1.13. The van der Waals surface area contributed by atoms with E-state index in [0.717, 1.165) is 25.3 Å². The molecule has 20 heavy (non-hydrogen) atoms. The number of nitrogens with one attached hydrogen (secondary N) is 1. The first-order chi connectivity index (χ1) is 9.63. The van der Waals surface area contributed by atoms with E-state index in [1.807, 2.05) is 12.1 Å².